The number of morpholine rings is 1. The molecule has 27 heavy (non-hydrogen) atoms. The zero-order valence-corrected chi connectivity index (χ0v) is 16.2. The van der Waals surface area contributed by atoms with Crippen LogP contribution in [0.1, 0.15) is 11.6 Å². The van der Waals surface area contributed by atoms with Crippen LogP contribution < -0.4 is 4.72 Å². The molecule has 1 fully saturated rings. The quantitative estimate of drug-likeness (QED) is 0.677. The first kappa shape index (κ1) is 18.5. The van der Waals surface area contributed by atoms with Crippen LogP contribution in [0.3, 0.4) is 0 Å². The van der Waals surface area contributed by atoms with Crippen molar-refractivity contribution in [2.75, 3.05) is 32.8 Å². The molecule has 9 heteroatoms. The number of aromatic nitrogens is 2. The topological polar surface area (TPSA) is 84.4 Å². The van der Waals surface area contributed by atoms with Crippen LogP contribution in [0.2, 0.25) is 0 Å². The third-order valence-corrected chi connectivity index (χ3v) is 6.63. The number of sulfonamides is 1. The zero-order valence-electron chi connectivity index (χ0n) is 14.6. The first-order chi connectivity index (χ1) is 13.1. The van der Waals surface area contributed by atoms with Gasteiger partial charge < -0.3 is 4.74 Å². The fourth-order valence-electron chi connectivity index (χ4n) is 3.19. The molecule has 1 aliphatic rings. The van der Waals surface area contributed by atoms with Gasteiger partial charge in [-0.15, -0.1) is 0 Å². The largest absolute Gasteiger partial charge is 0.379 e. The van der Waals surface area contributed by atoms with Crippen molar-refractivity contribution in [1.29, 1.82) is 0 Å². The minimum Gasteiger partial charge on any atom is -0.379 e. The fourth-order valence-corrected chi connectivity index (χ4v) is 5.17. The highest BCUT2D eigenvalue weighted by atomic mass is 32.2. The van der Waals surface area contributed by atoms with E-state index in [0.717, 1.165) is 30.4 Å². The number of hydrogen-bond donors (Lipinski definition) is 1. The molecule has 1 saturated heterocycles. The number of benzene rings is 2. The zero-order chi connectivity index (χ0) is 18.7. The highest BCUT2D eigenvalue weighted by Gasteiger charge is 2.26. The van der Waals surface area contributed by atoms with Crippen LogP contribution >= 0.6 is 11.7 Å². The van der Waals surface area contributed by atoms with Gasteiger partial charge in [0, 0.05) is 19.6 Å². The Labute approximate surface area is 162 Å². The second kappa shape index (κ2) is 7.99. The van der Waals surface area contributed by atoms with E-state index in [1.54, 1.807) is 18.2 Å². The van der Waals surface area contributed by atoms with Gasteiger partial charge in [0.15, 0.2) is 0 Å². The van der Waals surface area contributed by atoms with Crippen LogP contribution in [0.5, 0.6) is 0 Å². The minimum atomic E-state index is -3.76. The lowest BCUT2D eigenvalue weighted by atomic mass is 10.1. The smallest absolute Gasteiger partial charge is 0.243 e. The monoisotopic (exact) mass is 404 g/mol. The lowest BCUT2D eigenvalue weighted by Crippen LogP contribution is -2.43. The number of nitrogens with zero attached hydrogens (tertiary/aromatic N) is 3. The third-order valence-electron chi connectivity index (χ3n) is 4.58. The van der Waals surface area contributed by atoms with E-state index in [-0.39, 0.29) is 10.9 Å². The summed E-state index contributed by atoms with van der Waals surface area (Å²) < 4.78 is 42.9. The van der Waals surface area contributed by atoms with Crippen molar-refractivity contribution >= 4 is 32.8 Å². The van der Waals surface area contributed by atoms with Gasteiger partial charge in [0.05, 0.1) is 31.0 Å². The van der Waals surface area contributed by atoms with Crippen molar-refractivity contribution in [2.45, 2.75) is 10.9 Å². The molecule has 0 bridgehead atoms. The minimum absolute atomic E-state index is 0.164. The maximum absolute atomic E-state index is 13.2. The Morgan fingerprint density at radius 2 is 1.85 bits per heavy atom. The van der Waals surface area contributed by atoms with Gasteiger partial charge >= 0.3 is 0 Å². The van der Waals surface area contributed by atoms with Crippen LogP contribution in [0, 0.1) is 0 Å². The molecule has 0 aliphatic carbocycles. The fraction of sp³-hybridized carbons (Fsp3) is 0.333. The second-order valence-electron chi connectivity index (χ2n) is 6.39. The van der Waals surface area contributed by atoms with E-state index in [1.165, 1.54) is 0 Å². The van der Waals surface area contributed by atoms with Crippen LogP contribution in [0.4, 0.5) is 0 Å². The van der Waals surface area contributed by atoms with Crippen molar-refractivity contribution in [2.24, 2.45) is 0 Å². The van der Waals surface area contributed by atoms with Gasteiger partial charge in [-0.05, 0) is 17.7 Å². The molecule has 2 aromatic carbocycles. The predicted molar refractivity (Wildman–Crippen MR) is 104 cm³/mol. The summed E-state index contributed by atoms with van der Waals surface area (Å²) >= 11 is 1.01. The molecular weight excluding hydrogens is 384 g/mol. The van der Waals surface area contributed by atoms with E-state index in [2.05, 4.69) is 18.4 Å². The molecule has 0 saturated carbocycles. The third kappa shape index (κ3) is 4.17. The van der Waals surface area contributed by atoms with E-state index in [4.69, 9.17) is 4.74 Å². The van der Waals surface area contributed by atoms with Crippen LogP contribution in [-0.2, 0) is 14.8 Å². The summed E-state index contributed by atoms with van der Waals surface area (Å²) in [5.74, 6) is 0. The van der Waals surface area contributed by atoms with E-state index < -0.39 is 10.0 Å². The van der Waals surface area contributed by atoms with Gasteiger partial charge in [0.2, 0.25) is 10.0 Å². The molecule has 1 atom stereocenters. The predicted octanol–water partition coefficient (Wildman–Crippen LogP) is 2.04. The molecule has 7 nitrogen and oxygen atoms in total. The van der Waals surface area contributed by atoms with Gasteiger partial charge in [-0.2, -0.15) is 8.75 Å². The van der Waals surface area contributed by atoms with Crippen molar-refractivity contribution in [3.8, 4) is 0 Å². The van der Waals surface area contributed by atoms with Crippen LogP contribution in [-0.4, -0.2) is 54.9 Å². The molecule has 1 aromatic heterocycles. The van der Waals surface area contributed by atoms with Crippen molar-refractivity contribution < 1.29 is 13.2 Å². The van der Waals surface area contributed by atoms with E-state index in [0.29, 0.717) is 30.8 Å². The normalized spacial score (nSPS) is 17.2. The number of nitrogens with one attached hydrogen (secondary N) is 1. The number of rotatable bonds is 6. The maximum atomic E-state index is 13.2. The van der Waals surface area contributed by atoms with Gasteiger partial charge in [-0.3, -0.25) is 4.90 Å². The summed E-state index contributed by atoms with van der Waals surface area (Å²) in [5, 5.41) is 0. The van der Waals surface area contributed by atoms with E-state index >= 15 is 0 Å². The standard InChI is InChI=1S/C18H20N4O3S2/c23-27(24,17-8-4-7-15-18(17)20-26-19-15)21-16(14-5-2-1-3-6-14)13-22-9-11-25-12-10-22/h1-8,16,21H,9-13H2. The first-order valence-corrected chi connectivity index (χ1v) is 10.9. The van der Waals surface area contributed by atoms with E-state index in [1.807, 2.05) is 30.3 Å². The highest BCUT2D eigenvalue weighted by Crippen LogP contribution is 2.24. The average molecular weight is 405 g/mol. The van der Waals surface area contributed by atoms with Crippen molar-refractivity contribution in [3.63, 3.8) is 0 Å². The number of ether oxygens (including phenoxy) is 1. The summed E-state index contributed by atoms with van der Waals surface area (Å²) in [4.78, 5) is 2.38. The Morgan fingerprint density at radius 3 is 2.63 bits per heavy atom. The Hall–Kier alpha value is -1.91. The van der Waals surface area contributed by atoms with Crippen LogP contribution in [0.25, 0.3) is 11.0 Å². The van der Waals surface area contributed by atoms with Gasteiger partial charge in [-0.1, -0.05) is 36.4 Å². The maximum Gasteiger partial charge on any atom is 0.243 e. The average Bonchev–Trinajstić information content (AvgIpc) is 3.17. The van der Waals surface area contributed by atoms with Crippen molar-refractivity contribution in [3.05, 3.63) is 54.1 Å². The lowest BCUT2D eigenvalue weighted by molar-refractivity contribution is 0.0345. The Bertz CT molecular complexity index is 1000. The summed E-state index contributed by atoms with van der Waals surface area (Å²) in [7, 11) is -3.76. The van der Waals surface area contributed by atoms with Crippen molar-refractivity contribution in [1.82, 2.24) is 18.4 Å². The molecule has 0 radical (unpaired) electrons. The Kier molecular flexibility index (Phi) is 5.46. The summed E-state index contributed by atoms with van der Waals surface area (Å²) in [6.07, 6.45) is 0. The highest BCUT2D eigenvalue weighted by molar-refractivity contribution is 7.89. The molecular formula is C18H20N4O3S2. The Morgan fingerprint density at radius 1 is 1.07 bits per heavy atom. The molecule has 1 unspecified atom stereocenters. The van der Waals surface area contributed by atoms with Gasteiger partial charge in [-0.25, -0.2) is 13.1 Å². The molecule has 1 N–H and O–H groups in total. The summed E-state index contributed by atoms with van der Waals surface area (Å²) in [6, 6.07) is 14.3. The Balaban J connectivity index is 1.64. The number of fused-ring (bicyclic) bond motifs is 1. The molecule has 4 rings (SSSR count). The first-order valence-electron chi connectivity index (χ1n) is 8.72. The van der Waals surface area contributed by atoms with Gasteiger partial charge in [0.25, 0.3) is 0 Å². The molecule has 0 spiro atoms. The summed E-state index contributed by atoms with van der Waals surface area (Å²) in [6.45, 7) is 3.49. The van der Waals surface area contributed by atoms with E-state index in [9.17, 15) is 8.42 Å². The number of hydrogen-bond acceptors (Lipinski definition) is 7. The molecule has 0 amide bonds. The lowest BCUT2D eigenvalue weighted by Gasteiger charge is -2.31. The second-order valence-corrected chi connectivity index (χ2v) is 8.60. The molecule has 3 aromatic rings. The molecule has 2 heterocycles. The van der Waals surface area contributed by atoms with Crippen LogP contribution in [0.15, 0.2) is 53.4 Å². The molecule has 1 aliphatic heterocycles. The molecule has 142 valence electrons. The van der Waals surface area contributed by atoms with Gasteiger partial charge in [0.1, 0.15) is 15.9 Å². The summed E-state index contributed by atoms with van der Waals surface area (Å²) in [5.41, 5.74) is 1.93. The SMILES string of the molecule is O=S(=O)(NC(CN1CCOCC1)c1ccccc1)c1cccc2nsnc12.